The van der Waals surface area contributed by atoms with Crippen LogP contribution in [0, 0.1) is 6.92 Å². The number of halogens is 1. The van der Waals surface area contributed by atoms with Gasteiger partial charge in [0.05, 0.1) is 24.1 Å². The molecule has 146 valence electrons. The molecule has 1 N–H and O–H groups in total. The normalized spacial score (nSPS) is 11.1. The van der Waals surface area contributed by atoms with Crippen LogP contribution in [0.5, 0.6) is 0 Å². The Morgan fingerprint density at radius 2 is 1.90 bits per heavy atom. The minimum atomic E-state index is -0.184. The van der Waals surface area contributed by atoms with Gasteiger partial charge in [-0.3, -0.25) is 14.2 Å². The molecule has 0 bridgehead atoms. The van der Waals surface area contributed by atoms with Gasteiger partial charge in [0.25, 0.3) is 5.56 Å². The summed E-state index contributed by atoms with van der Waals surface area (Å²) in [5.74, 6) is 0.698. The number of imidazole rings is 1. The van der Waals surface area contributed by atoms with Crippen LogP contribution in [0.4, 0.5) is 0 Å². The van der Waals surface area contributed by atoms with Crippen LogP contribution in [0.2, 0.25) is 0 Å². The van der Waals surface area contributed by atoms with Gasteiger partial charge in [-0.05, 0) is 36.1 Å². The van der Waals surface area contributed by atoms with Crippen molar-refractivity contribution in [2.45, 2.75) is 26.8 Å². The number of ketones is 1. The highest BCUT2D eigenvalue weighted by molar-refractivity contribution is 9.10. The van der Waals surface area contributed by atoms with E-state index in [0.717, 1.165) is 32.5 Å². The first-order chi connectivity index (χ1) is 14.0. The zero-order valence-electron chi connectivity index (χ0n) is 16.2. The van der Waals surface area contributed by atoms with Gasteiger partial charge in [-0.15, -0.1) is 0 Å². The number of aryl methyl sites for hydroxylation is 1. The maximum absolute atomic E-state index is 13.4. The van der Waals surface area contributed by atoms with Crippen LogP contribution in [0.1, 0.15) is 35.4 Å². The average Bonchev–Trinajstić information content (AvgIpc) is 3.14. The number of H-pyrrole nitrogens is 1. The van der Waals surface area contributed by atoms with Crippen LogP contribution in [-0.2, 0) is 6.54 Å². The first-order valence-electron chi connectivity index (χ1n) is 9.44. The summed E-state index contributed by atoms with van der Waals surface area (Å²) in [7, 11) is 0. The Bertz CT molecular complexity index is 1270. The van der Waals surface area contributed by atoms with E-state index >= 15 is 0 Å². The van der Waals surface area contributed by atoms with Crippen molar-refractivity contribution in [3.63, 3.8) is 0 Å². The highest BCUT2D eigenvalue weighted by Gasteiger charge is 2.23. The number of benzene rings is 2. The summed E-state index contributed by atoms with van der Waals surface area (Å²) in [6.07, 6.45) is 2.01. The molecule has 0 radical (unpaired) electrons. The second kappa shape index (κ2) is 7.79. The van der Waals surface area contributed by atoms with Gasteiger partial charge in [0, 0.05) is 21.8 Å². The fourth-order valence-corrected chi connectivity index (χ4v) is 4.01. The van der Waals surface area contributed by atoms with Crippen LogP contribution in [0.25, 0.3) is 21.9 Å². The van der Waals surface area contributed by atoms with Crippen molar-refractivity contribution in [1.82, 2.24) is 14.5 Å². The number of fused-ring (bicyclic) bond motifs is 1. The van der Waals surface area contributed by atoms with E-state index in [4.69, 9.17) is 0 Å². The van der Waals surface area contributed by atoms with Crippen LogP contribution in [0.15, 0.2) is 64.0 Å². The summed E-state index contributed by atoms with van der Waals surface area (Å²) in [6.45, 7) is 3.93. The van der Waals surface area contributed by atoms with Gasteiger partial charge < -0.3 is 4.98 Å². The zero-order valence-corrected chi connectivity index (χ0v) is 17.8. The van der Waals surface area contributed by atoms with E-state index in [9.17, 15) is 9.59 Å². The van der Waals surface area contributed by atoms with Crippen molar-refractivity contribution < 1.29 is 4.79 Å². The van der Waals surface area contributed by atoms with Gasteiger partial charge in [0.2, 0.25) is 0 Å². The Hall–Kier alpha value is -2.99. The molecule has 29 heavy (non-hydrogen) atoms. The predicted molar refractivity (Wildman–Crippen MR) is 118 cm³/mol. The standard InChI is InChI=1S/C23H20BrN3O2/c1-3-20(28)22-21(15-7-5-4-6-8-15)19-11-16(24)9-10-18(19)23(29)27(22)13-17-12-25-14(2)26-17/h4-12H,3,13H2,1-2H3,(H,25,26). The van der Waals surface area contributed by atoms with E-state index in [1.165, 1.54) is 0 Å². The molecule has 0 unspecified atom stereocenters. The zero-order chi connectivity index (χ0) is 20.5. The first-order valence-corrected chi connectivity index (χ1v) is 10.2. The molecule has 0 aliphatic heterocycles. The molecular formula is C23H20BrN3O2. The van der Waals surface area contributed by atoms with Crippen molar-refractivity contribution in [1.29, 1.82) is 0 Å². The van der Waals surface area contributed by atoms with Crippen LogP contribution < -0.4 is 5.56 Å². The third-order valence-corrected chi connectivity index (χ3v) is 5.46. The number of carbonyl (C=O) groups is 1. The predicted octanol–water partition coefficient (Wildman–Crippen LogP) is 5.10. The number of aromatic amines is 1. The van der Waals surface area contributed by atoms with E-state index in [1.54, 1.807) is 10.8 Å². The Morgan fingerprint density at radius 1 is 1.14 bits per heavy atom. The number of aromatic nitrogens is 3. The van der Waals surface area contributed by atoms with E-state index in [0.29, 0.717) is 17.5 Å². The van der Waals surface area contributed by atoms with Crippen LogP contribution >= 0.6 is 15.9 Å². The van der Waals surface area contributed by atoms with Crippen molar-refractivity contribution in [3.8, 4) is 11.1 Å². The van der Waals surface area contributed by atoms with E-state index in [1.807, 2.05) is 62.4 Å². The lowest BCUT2D eigenvalue weighted by Gasteiger charge is -2.19. The number of Topliss-reactive ketones (excluding diaryl/α,β-unsaturated/α-hetero) is 1. The largest absolute Gasteiger partial charge is 0.345 e. The second-order valence-electron chi connectivity index (χ2n) is 6.94. The lowest BCUT2D eigenvalue weighted by atomic mass is 9.94. The number of carbonyl (C=O) groups excluding carboxylic acids is 1. The molecule has 0 amide bonds. The number of hydrogen-bond acceptors (Lipinski definition) is 3. The minimum absolute atomic E-state index is 0.0703. The van der Waals surface area contributed by atoms with E-state index in [-0.39, 0.29) is 17.9 Å². The molecule has 0 fully saturated rings. The molecule has 6 heteroatoms. The molecule has 0 aliphatic carbocycles. The second-order valence-corrected chi connectivity index (χ2v) is 7.86. The number of nitrogens with zero attached hydrogens (tertiary/aromatic N) is 2. The van der Waals surface area contributed by atoms with Crippen molar-refractivity contribution in [3.05, 3.63) is 86.8 Å². The number of nitrogens with one attached hydrogen (secondary N) is 1. The number of hydrogen-bond donors (Lipinski definition) is 1. The molecule has 2 heterocycles. The molecule has 2 aromatic heterocycles. The third kappa shape index (κ3) is 3.56. The highest BCUT2D eigenvalue weighted by Crippen LogP contribution is 2.33. The minimum Gasteiger partial charge on any atom is -0.345 e. The molecule has 0 aliphatic rings. The van der Waals surface area contributed by atoms with Gasteiger partial charge >= 0.3 is 0 Å². The van der Waals surface area contributed by atoms with E-state index in [2.05, 4.69) is 25.9 Å². The number of rotatable bonds is 5. The van der Waals surface area contributed by atoms with Crippen LogP contribution in [0.3, 0.4) is 0 Å². The summed E-state index contributed by atoms with van der Waals surface area (Å²) < 4.78 is 2.44. The van der Waals surface area contributed by atoms with Gasteiger partial charge in [0.1, 0.15) is 5.82 Å². The van der Waals surface area contributed by atoms with Crippen molar-refractivity contribution >= 4 is 32.5 Å². The molecule has 2 aromatic carbocycles. The Balaban J connectivity index is 2.13. The fourth-order valence-electron chi connectivity index (χ4n) is 3.65. The average molecular weight is 450 g/mol. The summed E-state index contributed by atoms with van der Waals surface area (Å²) >= 11 is 3.51. The maximum Gasteiger partial charge on any atom is 0.259 e. The maximum atomic E-state index is 13.4. The monoisotopic (exact) mass is 449 g/mol. The first kappa shape index (κ1) is 19.3. The SMILES string of the molecule is CCC(=O)c1c(-c2ccccc2)c2cc(Br)ccc2c(=O)n1Cc1cnc(C)[nH]1. The van der Waals surface area contributed by atoms with E-state index < -0.39 is 0 Å². The molecule has 4 aromatic rings. The highest BCUT2D eigenvalue weighted by atomic mass is 79.9. The summed E-state index contributed by atoms with van der Waals surface area (Å²) in [6, 6.07) is 15.3. The fraction of sp³-hybridized carbons (Fsp3) is 0.174. The number of pyridine rings is 1. The van der Waals surface area contributed by atoms with Crippen LogP contribution in [-0.4, -0.2) is 20.3 Å². The molecule has 0 saturated carbocycles. The van der Waals surface area contributed by atoms with Crippen molar-refractivity contribution in [2.24, 2.45) is 0 Å². The molecule has 0 saturated heterocycles. The topological polar surface area (TPSA) is 67.8 Å². The summed E-state index contributed by atoms with van der Waals surface area (Å²) in [5, 5.41) is 1.35. The molecular weight excluding hydrogens is 430 g/mol. The Kier molecular flexibility index (Phi) is 5.20. The summed E-state index contributed by atoms with van der Waals surface area (Å²) in [4.78, 5) is 33.9. The molecule has 0 spiro atoms. The third-order valence-electron chi connectivity index (χ3n) is 4.96. The molecule has 5 nitrogen and oxygen atoms in total. The quantitative estimate of drug-likeness (QED) is 0.430. The lowest BCUT2D eigenvalue weighted by molar-refractivity contribution is 0.0979. The van der Waals surface area contributed by atoms with Crippen molar-refractivity contribution in [2.75, 3.05) is 0 Å². The van der Waals surface area contributed by atoms with Gasteiger partial charge in [0.15, 0.2) is 5.78 Å². The Labute approximate surface area is 176 Å². The van der Waals surface area contributed by atoms with Gasteiger partial charge in [-0.2, -0.15) is 0 Å². The smallest absolute Gasteiger partial charge is 0.259 e. The Morgan fingerprint density at radius 3 is 2.55 bits per heavy atom. The summed E-state index contributed by atoms with van der Waals surface area (Å²) in [5.41, 5.74) is 2.72. The van der Waals surface area contributed by atoms with Gasteiger partial charge in [-0.25, -0.2) is 4.98 Å². The van der Waals surface area contributed by atoms with Gasteiger partial charge in [-0.1, -0.05) is 53.2 Å². The molecule has 4 rings (SSSR count). The molecule has 0 atom stereocenters. The lowest BCUT2D eigenvalue weighted by Crippen LogP contribution is -2.28.